The van der Waals surface area contributed by atoms with Crippen molar-refractivity contribution in [2.45, 2.75) is 34.1 Å². The summed E-state index contributed by atoms with van der Waals surface area (Å²) >= 11 is 0. The van der Waals surface area contributed by atoms with E-state index < -0.39 is 0 Å². The van der Waals surface area contributed by atoms with Gasteiger partial charge in [-0.2, -0.15) is 0 Å². The molecule has 0 N–H and O–H groups in total. The molecule has 0 saturated heterocycles. The molecule has 2 heteroatoms. The fourth-order valence-corrected chi connectivity index (χ4v) is 2.43. The van der Waals surface area contributed by atoms with Crippen molar-refractivity contribution in [3.05, 3.63) is 23.8 Å². The lowest BCUT2D eigenvalue weighted by Gasteiger charge is -2.35. The molecule has 2 nitrogen and oxygen atoms in total. The lowest BCUT2D eigenvalue weighted by molar-refractivity contribution is -0.123. The molecule has 0 aromatic carbocycles. The quantitative estimate of drug-likeness (QED) is 0.651. The summed E-state index contributed by atoms with van der Waals surface area (Å²) in [6.07, 6.45) is 5.41. The molecular weight excluding hydrogens is 188 g/mol. The van der Waals surface area contributed by atoms with E-state index >= 15 is 0 Å². The van der Waals surface area contributed by atoms with E-state index in [4.69, 9.17) is 0 Å². The van der Waals surface area contributed by atoms with Gasteiger partial charge in [0.1, 0.15) is 0 Å². The summed E-state index contributed by atoms with van der Waals surface area (Å²) in [4.78, 5) is 23.3. The van der Waals surface area contributed by atoms with Gasteiger partial charge >= 0.3 is 0 Å². The highest BCUT2D eigenvalue weighted by Crippen LogP contribution is 2.40. The smallest absolute Gasteiger partial charge is 0.163 e. The predicted octanol–water partition coefficient (Wildman–Crippen LogP) is 2.69. The van der Waals surface area contributed by atoms with Crippen molar-refractivity contribution in [2.24, 2.45) is 11.3 Å². The minimum atomic E-state index is -0.257. The van der Waals surface area contributed by atoms with Crippen LogP contribution in [-0.2, 0) is 9.59 Å². The van der Waals surface area contributed by atoms with Crippen molar-refractivity contribution in [3.63, 3.8) is 0 Å². The minimum Gasteiger partial charge on any atom is -0.295 e. The fraction of sp³-hybridized carbons (Fsp3) is 0.538. The van der Waals surface area contributed by atoms with Gasteiger partial charge in [0.05, 0.1) is 0 Å². The van der Waals surface area contributed by atoms with Gasteiger partial charge in [-0.15, -0.1) is 0 Å². The molecule has 1 unspecified atom stereocenters. The van der Waals surface area contributed by atoms with Crippen LogP contribution in [0.2, 0.25) is 0 Å². The van der Waals surface area contributed by atoms with E-state index in [1.807, 2.05) is 27.7 Å². The molecule has 0 aliphatic heterocycles. The van der Waals surface area contributed by atoms with Gasteiger partial charge in [0.2, 0.25) is 0 Å². The zero-order valence-corrected chi connectivity index (χ0v) is 9.83. The van der Waals surface area contributed by atoms with E-state index in [2.05, 4.69) is 0 Å². The molecular formula is C13H18O2. The Labute approximate surface area is 91.1 Å². The summed E-state index contributed by atoms with van der Waals surface area (Å²) in [7, 11) is 0. The van der Waals surface area contributed by atoms with Crippen LogP contribution in [0.1, 0.15) is 34.1 Å². The Bertz CT molecular complexity index is 346. The highest BCUT2D eigenvalue weighted by Gasteiger charge is 2.39. The number of carbonyl (C=O) groups is 2. The number of hydrogen-bond acceptors (Lipinski definition) is 2. The van der Waals surface area contributed by atoms with Crippen LogP contribution in [0.3, 0.4) is 0 Å². The monoisotopic (exact) mass is 206 g/mol. The zero-order valence-electron chi connectivity index (χ0n) is 9.83. The second-order valence-corrected chi connectivity index (χ2v) is 4.86. The van der Waals surface area contributed by atoms with Crippen LogP contribution in [0.25, 0.3) is 0 Å². The van der Waals surface area contributed by atoms with E-state index in [0.717, 1.165) is 5.57 Å². The number of ketones is 2. The first-order valence-electron chi connectivity index (χ1n) is 5.26. The van der Waals surface area contributed by atoms with Crippen molar-refractivity contribution < 1.29 is 9.59 Å². The molecule has 0 fully saturated rings. The summed E-state index contributed by atoms with van der Waals surface area (Å²) in [6, 6.07) is 0. The van der Waals surface area contributed by atoms with Crippen molar-refractivity contribution in [2.75, 3.05) is 0 Å². The van der Waals surface area contributed by atoms with Gasteiger partial charge in [0, 0.05) is 12.3 Å². The molecule has 0 spiro atoms. The van der Waals surface area contributed by atoms with Gasteiger partial charge in [-0.3, -0.25) is 9.59 Å². The van der Waals surface area contributed by atoms with E-state index in [1.165, 1.54) is 0 Å². The van der Waals surface area contributed by atoms with E-state index in [1.54, 1.807) is 18.2 Å². The number of rotatable bonds is 2. The molecule has 0 saturated carbocycles. The molecule has 0 radical (unpaired) electrons. The first-order valence-corrected chi connectivity index (χ1v) is 5.26. The molecule has 1 rings (SSSR count). The van der Waals surface area contributed by atoms with E-state index in [9.17, 15) is 9.59 Å². The highest BCUT2D eigenvalue weighted by atomic mass is 16.1. The lowest BCUT2D eigenvalue weighted by atomic mass is 9.66. The van der Waals surface area contributed by atoms with Crippen LogP contribution in [-0.4, -0.2) is 11.6 Å². The van der Waals surface area contributed by atoms with Gasteiger partial charge in [-0.05, 0) is 31.4 Å². The van der Waals surface area contributed by atoms with Crippen molar-refractivity contribution in [1.29, 1.82) is 0 Å². The molecule has 82 valence electrons. The topological polar surface area (TPSA) is 34.1 Å². The summed E-state index contributed by atoms with van der Waals surface area (Å²) in [5.41, 5.74) is 0.631. The largest absolute Gasteiger partial charge is 0.295 e. The van der Waals surface area contributed by atoms with Crippen LogP contribution >= 0.6 is 0 Å². The van der Waals surface area contributed by atoms with Gasteiger partial charge in [0.25, 0.3) is 0 Å². The number of hydrogen-bond donors (Lipinski definition) is 0. The predicted molar refractivity (Wildman–Crippen MR) is 60.5 cm³/mol. The van der Waals surface area contributed by atoms with Gasteiger partial charge in [-0.25, -0.2) is 0 Å². The zero-order chi connectivity index (χ0) is 11.6. The average Bonchev–Trinajstić information content (AvgIpc) is 1.99. The number of carbonyl (C=O) groups excluding carboxylic acids is 2. The van der Waals surface area contributed by atoms with E-state index in [0.29, 0.717) is 6.42 Å². The third-order valence-electron chi connectivity index (χ3n) is 2.87. The van der Waals surface area contributed by atoms with Crippen LogP contribution in [0, 0.1) is 11.3 Å². The summed E-state index contributed by atoms with van der Waals surface area (Å²) in [5, 5.41) is 0. The van der Waals surface area contributed by atoms with Crippen LogP contribution in [0.5, 0.6) is 0 Å². The molecule has 0 aromatic heterocycles. The van der Waals surface area contributed by atoms with Gasteiger partial charge < -0.3 is 0 Å². The molecule has 0 aromatic rings. The van der Waals surface area contributed by atoms with E-state index in [-0.39, 0.29) is 22.9 Å². The SMILES string of the molecule is C/C=C/C(=O)C1C(C)=CC(=O)CC1(C)C. The number of allylic oxidation sites excluding steroid dienone is 4. The third kappa shape index (κ3) is 2.44. The summed E-state index contributed by atoms with van der Waals surface area (Å²) in [5.74, 6) is 0.0807. The maximum absolute atomic E-state index is 11.9. The second kappa shape index (κ2) is 4.13. The van der Waals surface area contributed by atoms with Gasteiger partial charge in [-0.1, -0.05) is 25.5 Å². The Morgan fingerprint density at radius 3 is 2.60 bits per heavy atom. The summed E-state index contributed by atoms with van der Waals surface area (Å²) < 4.78 is 0. The Morgan fingerprint density at radius 1 is 1.53 bits per heavy atom. The standard InChI is InChI=1S/C13H18O2/c1-5-6-11(15)12-9(2)7-10(14)8-13(12,3)4/h5-7,12H,8H2,1-4H3/b6-5+. The second-order valence-electron chi connectivity index (χ2n) is 4.86. The lowest BCUT2D eigenvalue weighted by Crippen LogP contribution is -2.36. The van der Waals surface area contributed by atoms with Crippen LogP contribution in [0.15, 0.2) is 23.8 Å². The fourth-order valence-electron chi connectivity index (χ4n) is 2.43. The minimum absolute atomic E-state index is 0.101. The molecule has 1 atom stereocenters. The summed E-state index contributed by atoms with van der Waals surface area (Å²) in [6.45, 7) is 7.66. The Hall–Kier alpha value is -1.18. The maximum Gasteiger partial charge on any atom is 0.163 e. The Balaban J connectivity index is 3.09. The molecule has 0 heterocycles. The third-order valence-corrected chi connectivity index (χ3v) is 2.87. The van der Waals surface area contributed by atoms with Crippen molar-refractivity contribution >= 4 is 11.6 Å². The molecule has 0 amide bonds. The first kappa shape index (κ1) is 11.9. The van der Waals surface area contributed by atoms with Crippen LogP contribution < -0.4 is 0 Å². The Morgan fingerprint density at radius 2 is 2.13 bits per heavy atom. The molecule has 1 aliphatic rings. The Kier molecular flexibility index (Phi) is 3.28. The molecule has 15 heavy (non-hydrogen) atoms. The molecule has 1 aliphatic carbocycles. The van der Waals surface area contributed by atoms with Crippen molar-refractivity contribution in [1.82, 2.24) is 0 Å². The van der Waals surface area contributed by atoms with Gasteiger partial charge in [0.15, 0.2) is 11.6 Å². The average molecular weight is 206 g/mol. The molecule has 0 bridgehead atoms. The maximum atomic E-state index is 11.9. The van der Waals surface area contributed by atoms with Crippen molar-refractivity contribution in [3.8, 4) is 0 Å². The van der Waals surface area contributed by atoms with Crippen LogP contribution in [0.4, 0.5) is 0 Å². The first-order chi connectivity index (χ1) is 6.88. The highest BCUT2D eigenvalue weighted by molar-refractivity contribution is 5.99. The normalized spacial score (nSPS) is 25.5.